The van der Waals surface area contributed by atoms with Crippen LogP contribution in [0.1, 0.15) is 27.0 Å². The van der Waals surface area contributed by atoms with Crippen molar-refractivity contribution >= 4 is 18.0 Å². The molecule has 0 N–H and O–H groups in total. The highest BCUT2D eigenvalue weighted by Gasteiger charge is 2.29. The van der Waals surface area contributed by atoms with E-state index in [1.807, 2.05) is 0 Å². The van der Waals surface area contributed by atoms with Gasteiger partial charge in [-0.05, 0) is 41.5 Å². The van der Waals surface area contributed by atoms with Gasteiger partial charge in [-0.15, -0.1) is 0 Å². The third-order valence-electron chi connectivity index (χ3n) is 3.83. The Morgan fingerprint density at radius 3 is 2.15 bits per heavy atom. The minimum absolute atomic E-state index is 0.183. The summed E-state index contributed by atoms with van der Waals surface area (Å²) < 4.78 is 42.3. The molecule has 0 spiro atoms. The maximum Gasteiger partial charge on any atom is 0.416 e. The van der Waals surface area contributed by atoms with Gasteiger partial charge in [0.25, 0.3) is 0 Å². The molecule has 0 aliphatic heterocycles. The Kier molecular flexibility index (Phi) is 6.39. The Labute approximate surface area is 154 Å². The van der Waals surface area contributed by atoms with Crippen LogP contribution in [-0.2, 0) is 22.3 Å². The van der Waals surface area contributed by atoms with Crippen molar-refractivity contribution in [3.63, 3.8) is 0 Å². The summed E-state index contributed by atoms with van der Waals surface area (Å²) in [6.45, 7) is 0.183. The van der Waals surface area contributed by atoms with Crippen molar-refractivity contribution in [2.75, 3.05) is 14.2 Å². The number of hydrogen-bond donors (Lipinski definition) is 0. The number of halogens is 3. The predicted octanol–water partition coefficient (Wildman–Crippen LogP) is 4.16. The van der Waals surface area contributed by atoms with Crippen molar-refractivity contribution in [3.05, 3.63) is 76.9 Å². The number of carbonyl (C=O) groups excluding carboxylic acids is 2. The second-order valence-electron chi connectivity index (χ2n) is 5.84. The van der Waals surface area contributed by atoms with E-state index in [-0.39, 0.29) is 12.5 Å². The maximum atomic E-state index is 12.6. The fraction of sp³-hybridized carbons (Fsp3) is 0.200. The van der Waals surface area contributed by atoms with Crippen LogP contribution in [0.5, 0.6) is 0 Å². The van der Waals surface area contributed by atoms with E-state index in [1.165, 1.54) is 30.2 Å². The van der Waals surface area contributed by atoms with Gasteiger partial charge in [-0.25, -0.2) is 4.79 Å². The van der Waals surface area contributed by atoms with E-state index in [1.54, 1.807) is 37.4 Å². The lowest BCUT2D eigenvalue weighted by molar-refractivity contribution is -0.137. The number of alkyl halides is 3. The van der Waals surface area contributed by atoms with E-state index >= 15 is 0 Å². The summed E-state index contributed by atoms with van der Waals surface area (Å²) in [6, 6.07) is 11.2. The Hall–Kier alpha value is -3.09. The molecule has 0 saturated carbocycles. The number of esters is 1. The summed E-state index contributed by atoms with van der Waals surface area (Å²) in [5.41, 5.74) is 0.990. The van der Waals surface area contributed by atoms with Crippen LogP contribution in [0.4, 0.5) is 13.2 Å². The van der Waals surface area contributed by atoms with Crippen LogP contribution in [0.2, 0.25) is 0 Å². The minimum Gasteiger partial charge on any atom is -0.465 e. The molecule has 0 aromatic heterocycles. The quantitative estimate of drug-likeness (QED) is 0.581. The first-order chi connectivity index (χ1) is 12.7. The van der Waals surface area contributed by atoms with Crippen LogP contribution in [0.15, 0.2) is 54.6 Å². The van der Waals surface area contributed by atoms with E-state index in [9.17, 15) is 22.8 Å². The van der Waals surface area contributed by atoms with Crippen molar-refractivity contribution in [2.24, 2.45) is 0 Å². The summed E-state index contributed by atoms with van der Waals surface area (Å²) >= 11 is 0. The number of likely N-dealkylation sites (N-methyl/N-ethyl adjacent to an activating group) is 1. The normalized spacial score (nSPS) is 11.4. The van der Waals surface area contributed by atoms with Gasteiger partial charge in [-0.2, -0.15) is 13.2 Å². The van der Waals surface area contributed by atoms with Gasteiger partial charge < -0.3 is 9.64 Å². The molecule has 0 aliphatic rings. The molecular weight excluding hydrogens is 359 g/mol. The molecule has 0 atom stereocenters. The van der Waals surface area contributed by atoms with E-state index in [0.29, 0.717) is 11.1 Å². The number of benzene rings is 2. The molecule has 2 aromatic rings. The zero-order valence-electron chi connectivity index (χ0n) is 14.8. The first kappa shape index (κ1) is 20.2. The number of methoxy groups -OCH3 is 1. The molecule has 0 aliphatic carbocycles. The summed E-state index contributed by atoms with van der Waals surface area (Å²) in [4.78, 5) is 24.9. The number of carbonyl (C=O) groups is 2. The van der Waals surface area contributed by atoms with Crippen molar-refractivity contribution in [3.8, 4) is 0 Å². The van der Waals surface area contributed by atoms with E-state index in [2.05, 4.69) is 4.74 Å². The molecular formula is C20H18F3NO3. The van der Waals surface area contributed by atoms with Gasteiger partial charge in [-0.1, -0.05) is 24.3 Å². The molecule has 1 amide bonds. The number of hydrogen-bond acceptors (Lipinski definition) is 3. The van der Waals surface area contributed by atoms with Crippen LogP contribution in [0, 0.1) is 0 Å². The average Bonchev–Trinajstić information content (AvgIpc) is 2.65. The summed E-state index contributed by atoms with van der Waals surface area (Å²) in [5, 5.41) is 0. The zero-order valence-corrected chi connectivity index (χ0v) is 14.8. The molecule has 142 valence electrons. The Morgan fingerprint density at radius 2 is 1.63 bits per heavy atom. The van der Waals surface area contributed by atoms with Gasteiger partial charge in [0.15, 0.2) is 0 Å². The highest BCUT2D eigenvalue weighted by Crippen LogP contribution is 2.29. The summed E-state index contributed by atoms with van der Waals surface area (Å²) in [6.07, 6.45) is -1.43. The van der Waals surface area contributed by atoms with Gasteiger partial charge >= 0.3 is 12.1 Å². The fourth-order valence-corrected chi connectivity index (χ4v) is 2.29. The van der Waals surface area contributed by atoms with Crippen molar-refractivity contribution in [2.45, 2.75) is 12.7 Å². The lowest BCUT2D eigenvalue weighted by Gasteiger charge is -2.16. The second-order valence-corrected chi connectivity index (χ2v) is 5.84. The topological polar surface area (TPSA) is 46.6 Å². The minimum atomic E-state index is -4.38. The molecule has 0 radical (unpaired) electrons. The third kappa shape index (κ3) is 5.70. The third-order valence-corrected chi connectivity index (χ3v) is 3.83. The summed E-state index contributed by atoms with van der Waals surface area (Å²) in [7, 11) is 2.85. The highest BCUT2D eigenvalue weighted by atomic mass is 19.4. The van der Waals surface area contributed by atoms with Crippen LogP contribution < -0.4 is 0 Å². The van der Waals surface area contributed by atoms with Gasteiger partial charge in [0.1, 0.15) is 0 Å². The summed E-state index contributed by atoms with van der Waals surface area (Å²) in [5.74, 6) is -0.746. The Morgan fingerprint density at radius 1 is 1.04 bits per heavy atom. The molecule has 0 heterocycles. The SMILES string of the molecule is COC(=O)c1ccc(/C=C/C(=O)N(C)Cc2ccc(C(F)(F)F)cc2)cc1. The lowest BCUT2D eigenvalue weighted by atomic mass is 10.1. The van der Waals surface area contributed by atoms with Crippen molar-refractivity contribution in [1.29, 1.82) is 0 Å². The van der Waals surface area contributed by atoms with Crippen molar-refractivity contribution < 1.29 is 27.5 Å². The lowest BCUT2D eigenvalue weighted by Crippen LogP contribution is -2.24. The molecule has 2 aromatic carbocycles. The average molecular weight is 377 g/mol. The molecule has 0 unspecified atom stereocenters. The fourth-order valence-electron chi connectivity index (χ4n) is 2.29. The van der Waals surface area contributed by atoms with Crippen LogP contribution in [-0.4, -0.2) is 30.9 Å². The van der Waals surface area contributed by atoms with E-state index < -0.39 is 17.7 Å². The van der Waals surface area contributed by atoms with Crippen LogP contribution in [0.3, 0.4) is 0 Å². The largest absolute Gasteiger partial charge is 0.465 e. The zero-order chi connectivity index (χ0) is 20.0. The van der Waals surface area contributed by atoms with Gasteiger partial charge in [0.05, 0.1) is 18.2 Å². The number of nitrogens with zero attached hydrogens (tertiary/aromatic N) is 1. The van der Waals surface area contributed by atoms with Crippen molar-refractivity contribution in [1.82, 2.24) is 4.90 Å². The molecule has 0 saturated heterocycles. The van der Waals surface area contributed by atoms with E-state index in [0.717, 1.165) is 17.7 Å². The van der Waals surface area contributed by atoms with Gasteiger partial charge in [0.2, 0.25) is 5.91 Å². The Bertz CT molecular complexity index is 825. The second kappa shape index (κ2) is 8.53. The first-order valence-corrected chi connectivity index (χ1v) is 7.98. The molecule has 27 heavy (non-hydrogen) atoms. The predicted molar refractivity (Wildman–Crippen MR) is 94.7 cm³/mol. The maximum absolute atomic E-state index is 12.6. The smallest absolute Gasteiger partial charge is 0.416 e. The molecule has 4 nitrogen and oxygen atoms in total. The molecule has 2 rings (SSSR count). The Balaban J connectivity index is 1.96. The number of amides is 1. The van der Waals surface area contributed by atoms with Crippen LogP contribution >= 0.6 is 0 Å². The number of ether oxygens (including phenoxy) is 1. The highest BCUT2D eigenvalue weighted by molar-refractivity contribution is 5.92. The van der Waals surface area contributed by atoms with E-state index in [4.69, 9.17) is 0 Å². The molecule has 7 heteroatoms. The first-order valence-electron chi connectivity index (χ1n) is 7.98. The monoisotopic (exact) mass is 377 g/mol. The standard InChI is InChI=1S/C20H18F3NO3/c1-24(13-15-5-10-17(11-6-15)20(21,22)23)18(25)12-7-14-3-8-16(9-4-14)19(26)27-2/h3-12H,13H2,1-2H3/b12-7+. The van der Waals surface area contributed by atoms with Crippen LogP contribution in [0.25, 0.3) is 6.08 Å². The molecule has 0 bridgehead atoms. The van der Waals surface area contributed by atoms with Gasteiger partial charge in [0, 0.05) is 19.7 Å². The molecule has 0 fully saturated rings. The number of rotatable bonds is 5. The van der Waals surface area contributed by atoms with Gasteiger partial charge in [-0.3, -0.25) is 4.79 Å².